The first-order valence-electron chi connectivity index (χ1n) is 6.03. The van der Waals surface area contributed by atoms with Crippen molar-refractivity contribution in [2.24, 2.45) is 5.73 Å². The molecule has 0 aromatic heterocycles. The molecule has 0 aliphatic carbocycles. The number of rotatable bonds is 6. The van der Waals surface area contributed by atoms with Gasteiger partial charge in [0.15, 0.2) is 0 Å². The molecular formula is C14H22N2O. The molecule has 3 heteroatoms. The summed E-state index contributed by atoms with van der Waals surface area (Å²) in [6.07, 6.45) is 0.987. The van der Waals surface area contributed by atoms with Crippen LogP contribution in [0.25, 0.3) is 0 Å². The van der Waals surface area contributed by atoms with E-state index in [2.05, 4.69) is 24.4 Å². The molecule has 0 radical (unpaired) electrons. The number of amides is 1. The fraction of sp³-hybridized carbons (Fsp3) is 0.500. The van der Waals surface area contributed by atoms with E-state index in [4.69, 9.17) is 5.73 Å². The molecule has 0 spiro atoms. The second-order valence-corrected chi connectivity index (χ2v) is 5.02. The Morgan fingerprint density at radius 2 is 1.94 bits per heavy atom. The van der Waals surface area contributed by atoms with Crippen molar-refractivity contribution in [3.05, 3.63) is 35.9 Å². The maximum Gasteiger partial charge on any atom is 0.237 e. The standard InChI is InChI=1S/C14H22N2O/c1-11(12-7-5-4-6-8-12)9-10-16-14(2,3)13(15)17/h4-8,11,16H,9-10H2,1-3H3,(H2,15,17). The SMILES string of the molecule is CC(CCNC(C)(C)C(N)=O)c1ccccc1. The summed E-state index contributed by atoms with van der Waals surface area (Å²) in [7, 11) is 0. The van der Waals surface area contributed by atoms with Crippen LogP contribution < -0.4 is 11.1 Å². The number of nitrogens with one attached hydrogen (secondary N) is 1. The molecule has 3 N–H and O–H groups in total. The summed E-state index contributed by atoms with van der Waals surface area (Å²) >= 11 is 0. The van der Waals surface area contributed by atoms with E-state index in [9.17, 15) is 4.79 Å². The third-order valence-electron chi connectivity index (χ3n) is 3.13. The molecule has 0 bridgehead atoms. The lowest BCUT2D eigenvalue weighted by Gasteiger charge is -2.23. The van der Waals surface area contributed by atoms with Crippen LogP contribution in [0.4, 0.5) is 0 Å². The number of carbonyl (C=O) groups is 1. The lowest BCUT2D eigenvalue weighted by Crippen LogP contribution is -2.50. The molecule has 0 saturated carbocycles. The van der Waals surface area contributed by atoms with Gasteiger partial charge < -0.3 is 11.1 Å². The Hall–Kier alpha value is -1.35. The first-order valence-corrected chi connectivity index (χ1v) is 6.03. The maximum absolute atomic E-state index is 11.1. The number of carbonyl (C=O) groups excluding carboxylic acids is 1. The van der Waals surface area contributed by atoms with E-state index >= 15 is 0 Å². The quantitative estimate of drug-likeness (QED) is 0.791. The first kappa shape index (κ1) is 13.7. The highest BCUT2D eigenvalue weighted by Gasteiger charge is 2.23. The fourth-order valence-corrected chi connectivity index (χ4v) is 1.64. The van der Waals surface area contributed by atoms with Crippen molar-refractivity contribution < 1.29 is 4.79 Å². The van der Waals surface area contributed by atoms with Gasteiger partial charge in [-0.15, -0.1) is 0 Å². The average Bonchev–Trinajstić information content (AvgIpc) is 2.29. The Balaban J connectivity index is 2.40. The Bertz CT molecular complexity index is 360. The minimum Gasteiger partial charge on any atom is -0.368 e. The smallest absolute Gasteiger partial charge is 0.237 e. The van der Waals surface area contributed by atoms with E-state index in [1.165, 1.54) is 5.56 Å². The van der Waals surface area contributed by atoms with Gasteiger partial charge in [-0.1, -0.05) is 37.3 Å². The first-order chi connectivity index (χ1) is 7.93. The van der Waals surface area contributed by atoms with Gasteiger partial charge in [0, 0.05) is 0 Å². The van der Waals surface area contributed by atoms with Crippen molar-refractivity contribution in [1.29, 1.82) is 0 Å². The molecule has 0 saturated heterocycles. The van der Waals surface area contributed by atoms with Crippen molar-refractivity contribution in [3.8, 4) is 0 Å². The van der Waals surface area contributed by atoms with E-state index < -0.39 is 5.54 Å². The second-order valence-electron chi connectivity index (χ2n) is 5.02. The molecule has 3 nitrogen and oxygen atoms in total. The van der Waals surface area contributed by atoms with Crippen LogP contribution in [0, 0.1) is 0 Å². The molecule has 0 fully saturated rings. The van der Waals surface area contributed by atoms with E-state index in [1.54, 1.807) is 0 Å². The monoisotopic (exact) mass is 234 g/mol. The molecule has 1 aromatic carbocycles. The lowest BCUT2D eigenvalue weighted by atomic mass is 9.97. The van der Waals surface area contributed by atoms with Crippen molar-refractivity contribution in [2.75, 3.05) is 6.54 Å². The van der Waals surface area contributed by atoms with Crippen LogP contribution in [-0.2, 0) is 4.79 Å². The number of nitrogens with two attached hydrogens (primary N) is 1. The number of hydrogen-bond donors (Lipinski definition) is 2. The second kappa shape index (κ2) is 5.82. The lowest BCUT2D eigenvalue weighted by molar-refractivity contribution is -0.123. The van der Waals surface area contributed by atoms with E-state index in [0.29, 0.717) is 5.92 Å². The van der Waals surface area contributed by atoms with Crippen LogP contribution in [0.3, 0.4) is 0 Å². The van der Waals surface area contributed by atoms with Crippen LogP contribution >= 0.6 is 0 Å². The summed E-state index contributed by atoms with van der Waals surface area (Å²) in [5.41, 5.74) is 5.99. The van der Waals surface area contributed by atoms with Crippen LogP contribution in [0.5, 0.6) is 0 Å². The van der Waals surface area contributed by atoms with E-state index in [-0.39, 0.29) is 5.91 Å². The highest BCUT2D eigenvalue weighted by atomic mass is 16.1. The largest absolute Gasteiger partial charge is 0.368 e. The normalized spacial score (nSPS) is 13.4. The predicted molar refractivity (Wildman–Crippen MR) is 70.8 cm³/mol. The van der Waals surface area contributed by atoms with Gasteiger partial charge in [0.25, 0.3) is 0 Å². The summed E-state index contributed by atoms with van der Waals surface area (Å²) < 4.78 is 0. The van der Waals surface area contributed by atoms with Crippen molar-refractivity contribution >= 4 is 5.91 Å². The highest BCUT2D eigenvalue weighted by Crippen LogP contribution is 2.17. The summed E-state index contributed by atoms with van der Waals surface area (Å²) in [6.45, 7) is 6.59. The summed E-state index contributed by atoms with van der Waals surface area (Å²) in [5.74, 6) is 0.164. The average molecular weight is 234 g/mol. The minimum atomic E-state index is -0.629. The van der Waals surface area contributed by atoms with Gasteiger partial charge in [0.05, 0.1) is 5.54 Å². The Morgan fingerprint density at radius 3 is 2.47 bits per heavy atom. The summed E-state index contributed by atoms with van der Waals surface area (Å²) in [5, 5.41) is 3.18. The predicted octanol–water partition coefficient (Wildman–Crippen LogP) is 2.03. The molecule has 1 aromatic rings. The van der Waals surface area contributed by atoms with Gasteiger partial charge in [-0.05, 0) is 38.3 Å². The summed E-state index contributed by atoms with van der Waals surface area (Å²) in [4.78, 5) is 11.1. The third-order valence-corrected chi connectivity index (χ3v) is 3.13. The highest BCUT2D eigenvalue weighted by molar-refractivity contribution is 5.83. The van der Waals surface area contributed by atoms with Gasteiger partial charge in [0.1, 0.15) is 0 Å². The molecule has 0 heterocycles. The van der Waals surface area contributed by atoms with E-state index in [0.717, 1.165) is 13.0 Å². The van der Waals surface area contributed by atoms with Gasteiger partial charge in [-0.25, -0.2) is 0 Å². The molecule has 1 unspecified atom stereocenters. The van der Waals surface area contributed by atoms with Gasteiger partial charge >= 0.3 is 0 Å². The topological polar surface area (TPSA) is 55.1 Å². The molecule has 1 amide bonds. The fourth-order valence-electron chi connectivity index (χ4n) is 1.64. The third kappa shape index (κ3) is 4.19. The van der Waals surface area contributed by atoms with Crippen molar-refractivity contribution in [2.45, 2.75) is 38.6 Å². The van der Waals surface area contributed by atoms with Gasteiger partial charge in [0.2, 0.25) is 5.91 Å². The molecule has 94 valence electrons. The van der Waals surface area contributed by atoms with Crippen molar-refractivity contribution in [1.82, 2.24) is 5.32 Å². The van der Waals surface area contributed by atoms with Gasteiger partial charge in [-0.3, -0.25) is 4.79 Å². The van der Waals surface area contributed by atoms with E-state index in [1.807, 2.05) is 32.0 Å². The maximum atomic E-state index is 11.1. The van der Waals surface area contributed by atoms with Crippen LogP contribution in [-0.4, -0.2) is 18.0 Å². The molecule has 1 atom stereocenters. The number of benzene rings is 1. The molecule has 0 aliphatic rings. The zero-order valence-electron chi connectivity index (χ0n) is 10.9. The number of primary amides is 1. The Labute approximate surface area is 103 Å². The number of hydrogen-bond acceptors (Lipinski definition) is 2. The van der Waals surface area contributed by atoms with Crippen LogP contribution in [0.1, 0.15) is 38.7 Å². The Kier molecular flexibility index (Phi) is 4.70. The van der Waals surface area contributed by atoms with Crippen molar-refractivity contribution in [3.63, 3.8) is 0 Å². The molecule has 1 rings (SSSR count). The van der Waals surface area contributed by atoms with Gasteiger partial charge in [-0.2, -0.15) is 0 Å². The van der Waals surface area contributed by atoms with Crippen LogP contribution in [0.2, 0.25) is 0 Å². The molecular weight excluding hydrogens is 212 g/mol. The minimum absolute atomic E-state index is 0.315. The molecule has 0 aliphatic heterocycles. The summed E-state index contributed by atoms with van der Waals surface area (Å²) in [6, 6.07) is 10.4. The zero-order valence-corrected chi connectivity index (χ0v) is 10.9. The van der Waals surface area contributed by atoms with Crippen LogP contribution in [0.15, 0.2) is 30.3 Å². The zero-order chi connectivity index (χ0) is 12.9. The molecule has 17 heavy (non-hydrogen) atoms. The Morgan fingerprint density at radius 1 is 1.35 bits per heavy atom.